The third kappa shape index (κ3) is 4.35. The fraction of sp³-hybridized carbons (Fsp3) is 0.500. The summed E-state index contributed by atoms with van der Waals surface area (Å²) in [4.78, 5) is 14.5. The molecule has 0 saturated heterocycles. The Morgan fingerprint density at radius 3 is 2.43 bits per heavy atom. The Morgan fingerprint density at radius 2 is 1.86 bits per heavy atom. The van der Waals surface area contributed by atoms with E-state index in [2.05, 4.69) is 6.58 Å². The number of amides is 1. The van der Waals surface area contributed by atoms with Crippen LogP contribution in [0.25, 0.3) is 0 Å². The van der Waals surface area contributed by atoms with Gasteiger partial charge in [0.15, 0.2) is 0 Å². The number of carbonyl (C=O) groups is 1. The average molecular weight is 287 g/mol. The van der Waals surface area contributed by atoms with Crippen molar-refractivity contribution in [3.05, 3.63) is 42.5 Å². The fourth-order valence-electron chi connectivity index (χ4n) is 2.86. The van der Waals surface area contributed by atoms with Crippen LogP contribution < -0.4 is 4.74 Å². The molecule has 2 rings (SSSR count). The first kappa shape index (κ1) is 15.6. The van der Waals surface area contributed by atoms with Gasteiger partial charge in [-0.25, -0.2) is 0 Å². The van der Waals surface area contributed by atoms with Gasteiger partial charge < -0.3 is 9.64 Å². The molecule has 0 N–H and O–H groups in total. The monoisotopic (exact) mass is 287 g/mol. The van der Waals surface area contributed by atoms with E-state index < -0.39 is 0 Å². The van der Waals surface area contributed by atoms with Gasteiger partial charge in [-0.05, 0) is 37.1 Å². The van der Waals surface area contributed by atoms with Gasteiger partial charge in [0.1, 0.15) is 12.4 Å². The van der Waals surface area contributed by atoms with Gasteiger partial charge in [0.25, 0.3) is 5.91 Å². The van der Waals surface area contributed by atoms with Gasteiger partial charge in [-0.15, -0.1) is 0 Å². The molecule has 1 saturated carbocycles. The smallest absolute Gasteiger partial charge is 0.253 e. The lowest BCUT2D eigenvalue weighted by atomic mass is 10.1. The Balaban J connectivity index is 1.99. The van der Waals surface area contributed by atoms with Crippen LogP contribution in [0.2, 0.25) is 0 Å². The topological polar surface area (TPSA) is 29.5 Å². The largest absolute Gasteiger partial charge is 0.490 e. The van der Waals surface area contributed by atoms with Gasteiger partial charge in [0.05, 0.1) is 0 Å². The molecule has 0 bridgehead atoms. The maximum Gasteiger partial charge on any atom is 0.253 e. The normalized spacial score (nSPS) is 16.0. The van der Waals surface area contributed by atoms with Crippen LogP contribution in [-0.2, 0) is 0 Å². The predicted octanol–water partition coefficient (Wildman–Crippen LogP) is 4.05. The summed E-state index contributed by atoms with van der Waals surface area (Å²) < 4.78 is 5.44. The summed E-state index contributed by atoms with van der Waals surface area (Å²) >= 11 is 0. The van der Waals surface area contributed by atoms with Crippen molar-refractivity contribution in [3.63, 3.8) is 0 Å². The Hall–Kier alpha value is -1.77. The zero-order chi connectivity index (χ0) is 15.1. The second-order valence-electron chi connectivity index (χ2n) is 5.69. The zero-order valence-corrected chi connectivity index (χ0v) is 12.9. The van der Waals surface area contributed by atoms with Crippen molar-refractivity contribution in [3.8, 4) is 5.75 Å². The molecule has 0 radical (unpaired) electrons. The van der Waals surface area contributed by atoms with E-state index in [0.29, 0.717) is 12.6 Å². The molecule has 1 aromatic rings. The second kappa shape index (κ2) is 7.87. The molecule has 114 valence electrons. The second-order valence-corrected chi connectivity index (χ2v) is 5.69. The van der Waals surface area contributed by atoms with Gasteiger partial charge >= 0.3 is 0 Å². The van der Waals surface area contributed by atoms with Crippen LogP contribution in [0.15, 0.2) is 36.9 Å². The van der Waals surface area contributed by atoms with Crippen LogP contribution >= 0.6 is 0 Å². The van der Waals surface area contributed by atoms with E-state index in [0.717, 1.165) is 24.2 Å². The molecule has 1 aliphatic carbocycles. The summed E-state index contributed by atoms with van der Waals surface area (Å²) in [6.45, 7) is 4.10. The van der Waals surface area contributed by atoms with Crippen molar-refractivity contribution in [1.29, 1.82) is 0 Å². The highest BCUT2D eigenvalue weighted by molar-refractivity contribution is 5.94. The summed E-state index contributed by atoms with van der Waals surface area (Å²) in [6, 6.07) is 7.76. The molecule has 0 aromatic heterocycles. The van der Waals surface area contributed by atoms with Crippen LogP contribution in [0.4, 0.5) is 0 Å². The molecule has 3 nitrogen and oxygen atoms in total. The van der Waals surface area contributed by atoms with Crippen molar-refractivity contribution in [2.45, 2.75) is 44.6 Å². The summed E-state index contributed by atoms with van der Waals surface area (Å²) in [7, 11) is 1.93. The maximum atomic E-state index is 12.6. The Kier molecular flexibility index (Phi) is 5.85. The molecular weight excluding hydrogens is 262 g/mol. The molecule has 0 unspecified atom stereocenters. The van der Waals surface area contributed by atoms with Crippen LogP contribution in [-0.4, -0.2) is 30.5 Å². The van der Waals surface area contributed by atoms with Crippen molar-refractivity contribution < 1.29 is 9.53 Å². The number of nitrogens with zero attached hydrogens (tertiary/aromatic N) is 1. The quantitative estimate of drug-likeness (QED) is 0.604. The van der Waals surface area contributed by atoms with Gasteiger partial charge in [-0.1, -0.05) is 38.3 Å². The van der Waals surface area contributed by atoms with Crippen LogP contribution in [0.5, 0.6) is 5.75 Å². The highest BCUT2D eigenvalue weighted by Crippen LogP contribution is 2.23. The third-order valence-electron chi connectivity index (χ3n) is 4.16. The molecule has 1 aromatic carbocycles. The summed E-state index contributed by atoms with van der Waals surface area (Å²) in [5.41, 5.74) is 0.729. The molecule has 21 heavy (non-hydrogen) atoms. The molecule has 0 spiro atoms. The fourth-order valence-corrected chi connectivity index (χ4v) is 2.86. The van der Waals surface area contributed by atoms with Gasteiger partial charge in [-0.2, -0.15) is 0 Å². The lowest BCUT2D eigenvalue weighted by molar-refractivity contribution is 0.0717. The summed E-state index contributed by atoms with van der Waals surface area (Å²) in [5.74, 6) is 0.876. The lowest BCUT2D eigenvalue weighted by Gasteiger charge is -2.27. The van der Waals surface area contributed by atoms with E-state index in [4.69, 9.17) is 4.74 Å². The van der Waals surface area contributed by atoms with Gasteiger partial charge in [0.2, 0.25) is 0 Å². The van der Waals surface area contributed by atoms with Crippen molar-refractivity contribution in [2.75, 3.05) is 13.7 Å². The number of hydrogen-bond acceptors (Lipinski definition) is 2. The van der Waals surface area contributed by atoms with Crippen LogP contribution in [0.3, 0.4) is 0 Å². The first-order valence-electron chi connectivity index (χ1n) is 7.83. The standard InChI is InChI=1S/C18H25NO2/c1-3-14-21-17-12-10-15(11-13-17)18(20)19(2)16-8-6-4-5-7-9-16/h3,10-13,16H,1,4-9,14H2,2H3. The van der Waals surface area contributed by atoms with E-state index in [1.165, 1.54) is 25.7 Å². The SMILES string of the molecule is C=CCOc1ccc(C(=O)N(C)C2CCCCCC2)cc1. The van der Waals surface area contributed by atoms with Crippen molar-refractivity contribution >= 4 is 5.91 Å². The maximum absolute atomic E-state index is 12.6. The number of rotatable bonds is 5. The minimum absolute atomic E-state index is 0.108. The Morgan fingerprint density at radius 1 is 1.24 bits per heavy atom. The number of carbonyl (C=O) groups excluding carboxylic acids is 1. The lowest BCUT2D eigenvalue weighted by Crippen LogP contribution is -2.36. The summed E-state index contributed by atoms with van der Waals surface area (Å²) in [5, 5.41) is 0. The van der Waals surface area contributed by atoms with E-state index in [-0.39, 0.29) is 5.91 Å². The average Bonchev–Trinajstić information content (AvgIpc) is 2.81. The minimum atomic E-state index is 0.108. The molecule has 1 fully saturated rings. The number of hydrogen-bond donors (Lipinski definition) is 0. The van der Waals surface area contributed by atoms with Gasteiger partial charge in [0, 0.05) is 18.7 Å². The third-order valence-corrected chi connectivity index (χ3v) is 4.16. The first-order valence-corrected chi connectivity index (χ1v) is 7.83. The summed E-state index contributed by atoms with van der Waals surface area (Å²) in [6.07, 6.45) is 9.03. The van der Waals surface area contributed by atoms with E-state index in [1.807, 2.05) is 36.2 Å². The molecule has 3 heteroatoms. The molecule has 0 heterocycles. The van der Waals surface area contributed by atoms with Crippen LogP contribution in [0.1, 0.15) is 48.9 Å². The van der Waals surface area contributed by atoms with Crippen molar-refractivity contribution in [2.24, 2.45) is 0 Å². The number of ether oxygens (including phenoxy) is 1. The van der Waals surface area contributed by atoms with E-state index >= 15 is 0 Å². The van der Waals surface area contributed by atoms with Crippen LogP contribution in [0, 0.1) is 0 Å². The van der Waals surface area contributed by atoms with Gasteiger partial charge in [-0.3, -0.25) is 4.79 Å². The molecule has 1 aliphatic rings. The molecular formula is C18H25NO2. The minimum Gasteiger partial charge on any atom is -0.490 e. The first-order chi connectivity index (χ1) is 10.2. The van der Waals surface area contributed by atoms with E-state index in [1.54, 1.807) is 6.08 Å². The van der Waals surface area contributed by atoms with E-state index in [9.17, 15) is 4.79 Å². The Labute approximate surface area is 127 Å². The highest BCUT2D eigenvalue weighted by Gasteiger charge is 2.22. The molecule has 1 amide bonds. The highest BCUT2D eigenvalue weighted by atomic mass is 16.5. The Bertz CT molecular complexity index is 459. The number of benzene rings is 1. The molecule has 0 aliphatic heterocycles. The molecule has 0 atom stereocenters. The predicted molar refractivity (Wildman–Crippen MR) is 85.7 cm³/mol. The zero-order valence-electron chi connectivity index (χ0n) is 12.9. The van der Waals surface area contributed by atoms with Crippen molar-refractivity contribution in [1.82, 2.24) is 4.90 Å².